The number of halogens is 1. The SMILES string of the molecule is CC(C)n1nc(Cc2ccnn2-c2ccc(F)cc2[C@@H](C)O)cc1C#N. The van der Waals surface area contributed by atoms with E-state index in [0.717, 1.165) is 11.4 Å². The molecule has 0 bridgehead atoms. The van der Waals surface area contributed by atoms with Crippen LogP contribution in [0.25, 0.3) is 5.69 Å². The molecule has 1 aromatic carbocycles. The van der Waals surface area contributed by atoms with Crippen molar-refractivity contribution in [1.82, 2.24) is 19.6 Å². The summed E-state index contributed by atoms with van der Waals surface area (Å²) >= 11 is 0. The van der Waals surface area contributed by atoms with Gasteiger partial charge in [0.15, 0.2) is 0 Å². The summed E-state index contributed by atoms with van der Waals surface area (Å²) in [5.74, 6) is -0.410. The molecule has 0 aliphatic heterocycles. The van der Waals surface area contributed by atoms with Crippen molar-refractivity contribution in [3.05, 3.63) is 65.0 Å². The summed E-state index contributed by atoms with van der Waals surface area (Å²) in [6.07, 6.45) is 1.28. The van der Waals surface area contributed by atoms with Gasteiger partial charge >= 0.3 is 0 Å². The van der Waals surface area contributed by atoms with Crippen molar-refractivity contribution in [2.75, 3.05) is 0 Å². The van der Waals surface area contributed by atoms with Crippen molar-refractivity contribution in [2.45, 2.75) is 39.3 Å². The Morgan fingerprint density at radius 2 is 2.00 bits per heavy atom. The Morgan fingerprint density at radius 3 is 2.62 bits per heavy atom. The van der Waals surface area contributed by atoms with Gasteiger partial charge < -0.3 is 5.11 Å². The fraction of sp³-hybridized carbons (Fsp3) is 0.316. The average Bonchev–Trinajstić information content (AvgIpc) is 3.22. The van der Waals surface area contributed by atoms with Gasteiger partial charge in [-0.15, -0.1) is 0 Å². The van der Waals surface area contributed by atoms with Crippen LogP contribution in [0.4, 0.5) is 4.39 Å². The van der Waals surface area contributed by atoms with E-state index < -0.39 is 11.9 Å². The first-order valence-corrected chi connectivity index (χ1v) is 8.40. The third-order valence-electron chi connectivity index (χ3n) is 4.14. The van der Waals surface area contributed by atoms with Gasteiger partial charge in [0.2, 0.25) is 0 Å². The van der Waals surface area contributed by atoms with Crippen LogP contribution >= 0.6 is 0 Å². The first kappa shape index (κ1) is 17.8. The van der Waals surface area contributed by atoms with Crippen molar-refractivity contribution >= 4 is 0 Å². The second-order valence-corrected chi connectivity index (χ2v) is 6.46. The first-order chi connectivity index (χ1) is 12.4. The van der Waals surface area contributed by atoms with E-state index in [0.29, 0.717) is 23.4 Å². The topological polar surface area (TPSA) is 79.7 Å². The first-order valence-electron chi connectivity index (χ1n) is 8.40. The molecule has 0 spiro atoms. The lowest BCUT2D eigenvalue weighted by molar-refractivity contribution is 0.198. The minimum atomic E-state index is -0.830. The summed E-state index contributed by atoms with van der Waals surface area (Å²) in [5, 5.41) is 28.1. The summed E-state index contributed by atoms with van der Waals surface area (Å²) in [5.41, 5.74) is 3.16. The Labute approximate surface area is 151 Å². The van der Waals surface area contributed by atoms with Crippen LogP contribution in [0, 0.1) is 17.1 Å². The molecule has 0 unspecified atom stereocenters. The van der Waals surface area contributed by atoms with Gasteiger partial charge in [-0.3, -0.25) is 4.68 Å². The fourth-order valence-electron chi connectivity index (χ4n) is 2.93. The van der Waals surface area contributed by atoms with Crippen molar-refractivity contribution in [3.8, 4) is 11.8 Å². The number of nitrogens with zero attached hydrogens (tertiary/aromatic N) is 5. The van der Waals surface area contributed by atoms with E-state index in [4.69, 9.17) is 0 Å². The van der Waals surface area contributed by atoms with Crippen LogP contribution in [0.2, 0.25) is 0 Å². The quantitative estimate of drug-likeness (QED) is 0.763. The van der Waals surface area contributed by atoms with Crippen molar-refractivity contribution in [2.24, 2.45) is 0 Å². The molecule has 0 fully saturated rings. The zero-order valence-electron chi connectivity index (χ0n) is 14.9. The van der Waals surface area contributed by atoms with E-state index in [1.807, 2.05) is 19.9 Å². The highest BCUT2D eigenvalue weighted by Crippen LogP contribution is 2.24. The molecule has 26 heavy (non-hydrogen) atoms. The molecule has 0 aliphatic rings. The lowest BCUT2D eigenvalue weighted by Crippen LogP contribution is -2.09. The van der Waals surface area contributed by atoms with E-state index in [1.54, 1.807) is 34.6 Å². The molecular formula is C19H20FN5O. The molecule has 134 valence electrons. The predicted molar refractivity (Wildman–Crippen MR) is 94.3 cm³/mol. The van der Waals surface area contributed by atoms with E-state index in [9.17, 15) is 14.8 Å². The van der Waals surface area contributed by atoms with Gasteiger partial charge in [-0.05, 0) is 51.1 Å². The summed E-state index contributed by atoms with van der Waals surface area (Å²) < 4.78 is 16.9. The van der Waals surface area contributed by atoms with Crippen molar-refractivity contribution in [3.63, 3.8) is 0 Å². The molecular weight excluding hydrogens is 333 g/mol. The molecule has 7 heteroatoms. The number of benzene rings is 1. The normalized spacial score (nSPS) is 12.3. The summed E-state index contributed by atoms with van der Waals surface area (Å²) in [4.78, 5) is 0. The Kier molecular flexibility index (Phi) is 4.87. The maximum atomic E-state index is 13.6. The standard InChI is InChI=1S/C19H20FN5O/c1-12(2)24-17(11-21)10-15(23-24)9-16-6-7-22-25(16)19-5-4-14(20)8-18(19)13(3)26/h4-8,10,12-13,26H,9H2,1-3H3/t13-/m1/s1. The van der Waals surface area contributed by atoms with Crippen LogP contribution in [-0.4, -0.2) is 24.7 Å². The highest BCUT2D eigenvalue weighted by Gasteiger charge is 2.16. The monoisotopic (exact) mass is 353 g/mol. The van der Waals surface area contributed by atoms with Crippen LogP contribution in [0.1, 0.15) is 55.6 Å². The van der Waals surface area contributed by atoms with Crippen LogP contribution in [0.15, 0.2) is 36.5 Å². The highest BCUT2D eigenvalue weighted by atomic mass is 19.1. The lowest BCUT2D eigenvalue weighted by Gasteiger charge is -2.14. The number of rotatable bonds is 5. The van der Waals surface area contributed by atoms with Gasteiger partial charge in [-0.2, -0.15) is 15.5 Å². The van der Waals surface area contributed by atoms with Gasteiger partial charge in [0.1, 0.15) is 17.6 Å². The van der Waals surface area contributed by atoms with Crippen LogP contribution < -0.4 is 0 Å². The van der Waals surface area contributed by atoms with Gasteiger partial charge in [-0.1, -0.05) is 0 Å². The third kappa shape index (κ3) is 3.37. The molecule has 3 rings (SSSR count). The zero-order valence-corrected chi connectivity index (χ0v) is 14.9. The van der Waals surface area contributed by atoms with Crippen LogP contribution in [-0.2, 0) is 6.42 Å². The Bertz CT molecular complexity index is 965. The minimum absolute atomic E-state index is 0.0854. The molecule has 0 aliphatic carbocycles. The van der Waals surface area contributed by atoms with Crippen LogP contribution in [0.3, 0.4) is 0 Å². The van der Waals surface area contributed by atoms with Crippen molar-refractivity contribution < 1.29 is 9.50 Å². The predicted octanol–water partition coefficient (Wildman–Crippen LogP) is 3.30. The molecule has 2 heterocycles. The number of aliphatic hydroxyl groups is 1. The Morgan fingerprint density at radius 1 is 1.23 bits per heavy atom. The minimum Gasteiger partial charge on any atom is -0.389 e. The Balaban J connectivity index is 2.00. The van der Waals surface area contributed by atoms with E-state index in [1.165, 1.54) is 12.1 Å². The molecule has 3 aromatic rings. The van der Waals surface area contributed by atoms with Gasteiger partial charge in [0, 0.05) is 24.2 Å². The average molecular weight is 353 g/mol. The number of nitriles is 1. The smallest absolute Gasteiger partial charge is 0.139 e. The molecule has 2 aromatic heterocycles. The number of aromatic nitrogens is 4. The number of hydrogen-bond donors (Lipinski definition) is 1. The molecule has 0 saturated heterocycles. The lowest BCUT2D eigenvalue weighted by atomic mass is 10.1. The van der Waals surface area contributed by atoms with E-state index in [-0.39, 0.29) is 6.04 Å². The largest absolute Gasteiger partial charge is 0.389 e. The van der Waals surface area contributed by atoms with Crippen LogP contribution in [0.5, 0.6) is 0 Å². The molecule has 0 amide bonds. The second kappa shape index (κ2) is 7.10. The maximum Gasteiger partial charge on any atom is 0.139 e. The third-order valence-corrected chi connectivity index (χ3v) is 4.14. The van der Waals surface area contributed by atoms with Gasteiger partial charge in [0.05, 0.1) is 23.2 Å². The molecule has 0 radical (unpaired) electrons. The Hall–Kier alpha value is -2.98. The molecule has 6 nitrogen and oxygen atoms in total. The van der Waals surface area contributed by atoms with Gasteiger partial charge in [-0.25, -0.2) is 9.07 Å². The summed E-state index contributed by atoms with van der Waals surface area (Å²) in [7, 11) is 0. The maximum absolute atomic E-state index is 13.6. The molecule has 1 atom stereocenters. The molecule has 0 saturated carbocycles. The summed E-state index contributed by atoms with van der Waals surface area (Å²) in [6, 6.07) is 10.1. The van der Waals surface area contributed by atoms with E-state index in [2.05, 4.69) is 16.3 Å². The number of aliphatic hydroxyl groups excluding tert-OH is 1. The van der Waals surface area contributed by atoms with E-state index >= 15 is 0 Å². The van der Waals surface area contributed by atoms with Crippen molar-refractivity contribution in [1.29, 1.82) is 5.26 Å². The fourth-order valence-corrected chi connectivity index (χ4v) is 2.93. The van der Waals surface area contributed by atoms with Gasteiger partial charge in [0.25, 0.3) is 0 Å². The summed E-state index contributed by atoms with van der Waals surface area (Å²) in [6.45, 7) is 5.52. The second-order valence-electron chi connectivity index (χ2n) is 6.46. The zero-order chi connectivity index (χ0) is 18.8. The molecule has 1 N–H and O–H groups in total. The number of hydrogen-bond acceptors (Lipinski definition) is 4. The highest BCUT2D eigenvalue weighted by molar-refractivity contribution is 5.43.